The molecule has 1 saturated carbocycles. The van der Waals surface area contributed by atoms with Crippen molar-refractivity contribution in [3.8, 4) is 0 Å². The molecule has 3 N–H and O–H groups in total. The molecule has 1 fully saturated rings. The van der Waals surface area contributed by atoms with Crippen molar-refractivity contribution in [1.82, 2.24) is 4.98 Å². The molecule has 1 aliphatic rings. The fourth-order valence-corrected chi connectivity index (χ4v) is 3.01. The van der Waals surface area contributed by atoms with Crippen molar-refractivity contribution in [2.75, 3.05) is 11.9 Å². The Labute approximate surface area is 119 Å². The van der Waals surface area contributed by atoms with Crippen LogP contribution in [0.1, 0.15) is 44.9 Å². The first kappa shape index (κ1) is 13.4. The number of fused-ring (bicyclic) bond motifs is 1. The molecule has 4 heteroatoms. The summed E-state index contributed by atoms with van der Waals surface area (Å²) >= 11 is 0. The summed E-state index contributed by atoms with van der Waals surface area (Å²) in [4.78, 5) is 4.56. The van der Waals surface area contributed by atoms with Crippen molar-refractivity contribution >= 4 is 16.8 Å². The lowest BCUT2D eigenvalue weighted by Gasteiger charge is -2.20. The predicted octanol–water partition coefficient (Wildman–Crippen LogP) is 3.49. The number of nitrogens with zero attached hydrogens (tertiary/aromatic N) is 1. The number of aromatic nitrogens is 1. The molecular formula is C16H23N3O. The topological polar surface area (TPSA) is 64.1 Å². The minimum absolute atomic E-state index is 0.315. The minimum Gasteiger partial charge on any atom is -0.440 e. The first-order valence-electron chi connectivity index (χ1n) is 7.54. The van der Waals surface area contributed by atoms with E-state index in [0.717, 1.165) is 29.2 Å². The van der Waals surface area contributed by atoms with Gasteiger partial charge in [0.25, 0.3) is 0 Å². The van der Waals surface area contributed by atoms with E-state index in [1.165, 1.54) is 19.3 Å². The maximum absolute atomic E-state index is 5.84. The number of nitrogens with two attached hydrogens (primary N) is 1. The molecule has 1 heterocycles. The van der Waals surface area contributed by atoms with Crippen LogP contribution < -0.4 is 11.1 Å². The van der Waals surface area contributed by atoms with Gasteiger partial charge in [-0.15, -0.1) is 0 Å². The number of nitrogens with one attached hydrogen (secondary N) is 1. The highest BCUT2D eigenvalue weighted by Crippen LogP contribution is 2.29. The van der Waals surface area contributed by atoms with E-state index in [9.17, 15) is 0 Å². The van der Waals surface area contributed by atoms with Crippen LogP contribution in [0.3, 0.4) is 0 Å². The second-order valence-corrected chi connectivity index (χ2v) is 6.07. The molecule has 1 aromatic carbocycles. The van der Waals surface area contributed by atoms with Crippen molar-refractivity contribution in [3.63, 3.8) is 0 Å². The summed E-state index contributed by atoms with van der Waals surface area (Å²) < 4.78 is 5.74. The van der Waals surface area contributed by atoms with Gasteiger partial charge in [-0.05, 0) is 43.5 Å². The van der Waals surface area contributed by atoms with E-state index in [1.807, 2.05) is 6.07 Å². The number of anilines is 1. The second kappa shape index (κ2) is 5.44. The molecule has 0 bridgehead atoms. The van der Waals surface area contributed by atoms with E-state index in [1.54, 1.807) is 0 Å². The molecule has 0 amide bonds. The highest BCUT2D eigenvalue weighted by Gasteiger charge is 2.25. The summed E-state index contributed by atoms with van der Waals surface area (Å²) in [7, 11) is 0. The third-order valence-electron chi connectivity index (χ3n) is 4.21. The van der Waals surface area contributed by atoms with Crippen LogP contribution in [0.5, 0.6) is 0 Å². The van der Waals surface area contributed by atoms with E-state index in [2.05, 4.69) is 36.3 Å². The zero-order valence-corrected chi connectivity index (χ0v) is 12.2. The van der Waals surface area contributed by atoms with E-state index in [-0.39, 0.29) is 0 Å². The standard InChI is InChI=1S/C16H23N3O/c1-10(2)16-19-14-8-12(6-7-15(14)20-16)18-13-5-3-4-11(13)9-17/h6-8,10-11,13,18H,3-5,9,17H2,1-2H3. The molecule has 3 rings (SSSR count). The summed E-state index contributed by atoms with van der Waals surface area (Å²) in [5.74, 6) is 1.71. The molecule has 4 nitrogen and oxygen atoms in total. The Balaban J connectivity index is 1.81. The van der Waals surface area contributed by atoms with Gasteiger partial charge in [0.05, 0.1) is 0 Å². The summed E-state index contributed by atoms with van der Waals surface area (Å²) in [6, 6.07) is 6.65. The Bertz CT molecular complexity index is 590. The third kappa shape index (κ3) is 2.52. The van der Waals surface area contributed by atoms with Gasteiger partial charge in [-0.25, -0.2) is 4.98 Å². The van der Waals surface area contributed by atoms with E-state index >= 15 is 0 Å². The van der Waals surface area contributed by atoms with Crippen molar-refractivity contribution in [1.29, 1.82) is 0 Å². The fourth-order valence-electron chi connectivity index (χ4n) is 3.01. The molecule has 20 heavy (non-hydrogen) atoms. The van der Waals surface area contributed by atoms with E-state index in [0.29, 0.717) is 17.9 Å². The summed E-state index contributed by atoms with van der Waals surface area (Å²) in [5, 5.41) is 3.61. The van der Waals surface area contributed by atoms with Crippen LogP contribution in [-0.2, 0) is 0 Å². The van der Waals surface area contributed by atoms with Crippen molar-refractivity contribution < 1.29 is 4.42 Å². The van der Waals surface area contributed by atoms with Gasteiger partial charge in [0.1, 0.15) is 5.52 Å². The van der Waals surface area contributed by atoms with Crippen molar-refractivity contribution in [3.05, 3.63) is 24.1 Å². The SMILES string of the molecule is CC(C)c1nc2cc(NC3CCCC3CN)ccc2o1. The molecule has 1 aliphatic carbocycles. The van der Waals surface area contributed by atoms with Crippen LogP contribution in [0.25, 0.3) is 11.1 Å². The highest BCUT2D eigenvalue weighted by molar-refractivity contribution is 5.77. The number of hydrogen-bond acceptors (Lipinski definition) is 4. The zero-order valence-electron chi connectivity index (χ0n) is 12.2. The molecule has 2 unspecified atom stereocenters. The van der Waals surface area contributed by atoms with Gasteiger partial charge in [-0.1, -0.05) is 20.3 Å². The average molecular weight is 273 g/mol. The molecule has 2 atom stereocenters. The Hall–Kier alpha value is -1.55. The lowest BCUT2D eigenvalue weighted by atomic mass is 10.0. The number of oxazole rings is 1. The maximum atomic E-state index is 5.84. The van der Waals surface area contributed by atoms with E-state index < -0.39 is 0 Å². The van der Waals surface area contributed by atoms with Crippen molar-refractivity contribution in [2.45, 2.75) is 45.1 Å². The molecule has 0 spiro atoms. The van der Waals surface area contributed by atoms with Crippen LogP contribution in [-0.4, -0.2) is 17.6 Å². The van der Waals surface area contributed by atoms with Gasteiger partial charge < -0.3 is 15.5 Å². The summed E-state index contributed by atoms with van der Waals surface area (Å²) in [6.45, 7) is 4.95. The zero-order chi connectivity index (χ0) is 14.1. The smallest absolute Gasteiger partial charge is 0.198 e. The Morgan fingerprint density at radius 2 is 2.25 bits per heavy atom. The fraction of sp³-hybridized carbons (Fsp3) is 0.562. The van der Waals surface area contributed by atoms with Crippen LogP contribution in [0.2, 0.25) is 0 Å². The number of benzene rings is 1. The predicted molar refractivity (Wildman–Crippen MR) is 81.9 cm³/mol. The lowest BCUT2D eigenvalue weighted by Crippen LogP contribution is -2.29. The van der Waals surface area contributed by atoms with Crippen LogP contribution in [0.15, 0.2) is 22.6 Å². The molecular weight excluding hydrogens is 250 g/mol. The first-order chi connectivity index (χ1) is 9.67. The number of rotatable bonds is 4. The monoisotopic (exact) mass is 273 g/mol. The van der Waals surface area contributed by atoms with Gasteiger partial charge >= 0.3 is 0 Å². The van der Waals surface area contributed by atoms with Crippen LogP contribution in [0.4, 0.5) is 5.69 Å². The Morgan fingerprint density at radius 3 is 3.00 bits per heavy atom. The first-order valence-corrected chi connectivity index (χ1v) is 7.54. The van der Waals surface area contributed by atoms with Gasteiger partial charge in [-0.2, -0.15) is 0 Å². The average Bonchev–Trinajstić information content (AvgIpc) is 3.04. The van der Waals surface area contributed by atoms with Gasteiger partial charge in [-0.3, -0.25) is 0 Å². The number of hydrogen-bond donors (Lipinski definition) is 2. The summed E-state index contributed by atoms with van der Waals surface area (Å²) in [6.07, 6.45) is 3.71. The maximum Gasteiger partial charge on any atom is 0.198 e. The van der Waals surface area contributed by atoms with Crippen LogP contribution >= 0.6 is 0 Å². The quantitative estimate of drug-likeness (QED) is 0.895. The van der Waals surface area contributed by atoms with Crippen LogP contribution in [0, 0.1) is 5.92 Å². The highest BCUT2D eigenvalue weighted by atomic mass is 16.3. The summed E-state index contributed by atoms with van der Waals surface area (Å²) in [5.41, 5.74) is 8.75. The third-order valence-corrected chi connectivity index (χ3v) is 4.21. The van der Waals surface area contributed by atoms with Gasteiger partial charge in [0, 0.05) is 17.6 Å². The molecule has 0 saturated heterocycles. The van der Waals surface area contributed by atoms with Gasteiger partial charge in [0.15, 0.2) is 11.5 Å². The largest absolute Gasteiger partial charge is 0.440 e. The Morgan fingerprint density at radius 1 is 1.40 bits per heavy atom. The Kier molecular flexibility index (Phi) is 3.66. The molecule has 2 aromatic rings. The molecule has 0 radical (unpaired) electrons. The van der Waals surface area contributed by atoms with Crippen molar-refractivity contribution in [2.24, 2.45) is 11.7 Å². The molecule has 1 aromatic heterocycles. The molecule has 0 aliphatic heterocycles. The molecule has 108 valence electrons. The second-order valence-electron chi connectivity index (χ2n) is 6.07. The van der Waals surface area contributed by atoms with E-state index in [4.69, 9.17) is 10.2 Å². The van der Waals surface area contributed by atoms with Gasteiger partial charge in [0.2, 0.25) is 0 Å². The lowest BCUT2D eigenvalue weighted by molar-refractivity contribution is 0.501. The minimum atomic E-state index is 0.315. The normalized spacial score (nSPS) is 22.8.